The van der Waals surface area contributed by atoms with Gasteiger partial charge in [0.05, 0.1) is 6.10 Å². The number of rotatable bonds is 3. The van der Waals surface area contributed by atoms with Crippen molar-refractivity contribution in [3.05, 3.63) is 34.3 Å². The molecule has 0 aliphatic carbocycles. The standard InChI is InChI=1S/C13H18BrNO/c1-16-12-6-8-15(9-7-12)10-11-4-2-3-5-13(11)14/h2-5,12H,6-10H2,1H3. The molecule has 2 nitrogen and oxygen atoms in total. The zero-order valence-electron chi connectivity index (χ0n) is 9.66. The molecule has 0 amide bonds. The molecule has 88 valence electrons. The Labute approximate surface area is 106 Å². The maximum atomic E-state index is 5.38. The minimum atomic E-state index is 0.468. The van der Waals surface area contributed by atoms with Gasteiger partial charge in [-0.05, 0) is 24.5 Å². The maximum absolute atomic E-state index is 5.38. The van der Waals surface area contributed by atoms with Crippen LogP contribution in [0, 0.1) is 0 Å². The van der Waals surface area contributed by atoms with Gasteiger partial charge in [0.1, 0.15) is 0 Å². The first-order chi connectivity index (χ1) is 7.79. The van der Waals surface area contributed by atoms with E-state index in [0.29, 0.717) is 6.10 Å². The Bertz CT molecular complexity index is 334. The van der Waals surface area contributed by atoms with Crippen molar-refractivity contribution < 1.29 is 4.74 Å². The molecule has 0 spiro atoms. The molecule has 1 aromatic rings. The van der Waals surface area contributed by atoms with Crippen molar-refractivity contribution in [3.8, 4) is 0 Å². The van der Waals surface area contributed by atoms with Crippen LogP contribution in [0.4, 0.5) is 0 Å². The van der Waals surface area contributed by atoms with Crippen molar-refractivity contribution in [1.82, 2.24) is 4.90 Å². The van der Waals surface area contributed by atoms with E-state index in [2.05, 4.69) is 45.1 Å². The zero-order valence-corrected chi connectivity index (χ0v) is 11.2. The third-order valence-corrected chi connectivity index (χ3v) is 3.99. The first-order valence-corrected chi connectivity index (χ1v) is 6.57. The lowest BCUT2D eigenvalue weighted by Crippen LogP contribution is -2.36. The Morgan fingerprint density at radius 1 is 1.31 bits per heavy atom. The van der Waals surface area contributed by atoms with Gasteiger partial charge in [0.25, 0.3) is 0 Å². The Balaban J connectivity index is 1.89. The summed E-state index contributed by atoms with van der Waals surface area (Å²) in [4.78, 5) is 2.50. The normalized spacial score (nSPS) is 18.9. The van der Waals surface area contributed by atoms with Gasteiger partial charge in [-0.1, -0.05) is 34.1 Å². The highest BCUT2D eigenvalue weighted by Gasteiger charge is 2.18. The summed E-state index contributed by atoms with van der Waals surface area (Å²) >= 11 is 3.60. The Kier molecular flexibility index (Phi) is 4.38. The minimum absolute atomic E-state index is 0.468. The van der Waals surface area contributed by atoms with Gasteiger partial charge in [-0.25, -0.2) is 0 Å². The quantitative estimate of drug-likeness (QED) is 0.846. The average molecular weight is 284 g/mol. The van der Waals surface area contributed by atoms with Crippen LogP contribution in [-0.4, -0.2) is 31.2 Å². The maximum Gasteiger partial charge on any atom is 0.0595 e. The molecule has 0 radical (unpaired) electrons. The third-order valence-electron chi connectivity index (χ3n) is 3.22. The number of likely N-dealkylation sites (tertiary alicyclic amines) is 1. The molecule has 16 heavy (non-hydrogen) atoms. The molecule has 0 bridgehead atoms. The highest BCUT2D eigenvalue weighted by Crippen LogP contribution is 2.20. The van der Waals surface area contributed by atoms with Gasteiger partial charge < -0.3 is 4.74 Å². The molecule has 0 saturated carbocycles. The highest BCUT2D eigenvalue weighted by atomic mass is 79.9. The topological polar surface area (TPSA) is 12.5 Å². The van der Waals surface area contributed by atoms with Crippen molar-refractivity contribution in [1.29, 1.82) is 0 Å². The van der Waals surface area contributed by atoms with Gasteiger partial charge in [-0.3, -0.25) is 4.90 Å². The molecule has 1 aliphatic rings. The van der Waals surface area contributed by atoms with Crippen LogP contribution < -0.4 is 0 Å². The Hall–Kier alpha value is -0.380. The van der Waals surface area contributed by atoms with Gasteiger partial charge in [-0.2, -0.15) is 0 Å². The van der Waals surface area contributed by atoms with Crippen LogP contribution in [0.5, 0.6) is 0 Å². The summed E-state index contributed by atoms with van der Waals surface area (Å²) in [5.41, 5.74) is 1.37. The molecule has 1 saturated heterocycles. The molecule has 0 aromatic heterocycles. The lowest BCUT2D eigenvalue weighted by Gasteiger charge is -2.31. The molecule has 0 unspecified atom stereocenters. The van der Waals surface area contributed by atoms with E-state index in [1.54, 1.807) is 0 Å². The van der Waals surface area contributed by atoms with E-state index in [1.807, 2.05) is 7.11 Å². The van der Waals surface area contributed by atoms with Crippen molar-refractivity contribution in [2.24, 2.45) is 0 Å². The number of benzene rings is 1. The third kappa shape index (κ3) is 3.06. The SMILES string of the molecule is COC1CCN(Cc2ccccc2Br)CC1. The van der Waals surface area contributed by atoms with Crippen LogP contribution in [0.1, 0.15) is 18.4 Å². The van der Waals surface area contributed by atoms with Crippen LogP contribution in [0.3, 0.4) is 0 Å². The molecule has 1 aromatic carbocycles. The minimum Gasteiger partial charge on any atom is -0.381 e. The van der Waals surface area contributed by atoms with Crippen molar-refractivity contribution in [2.45, 2.75) is 25.5 Å². The molecule has 1 aliphatic heterocycles. The Morgan fingerprint density at radius 2 is 2.00 bits per heavy atom. The number of hydrogen-bond acceptors (Lipinski definition) is 2. The smallest absolute Gasteiger partial charge is 0.0595 e. The van der Waals surface area contributed by atoms with E-state index >= 15 is 0 Å². The number of piperidine rings is 1. The van der Waals surface area contributed by atoms with Crippen molar-refractivity contribution in [3.63, 3.8) is 0 Å². The second-order valence-electron chi connectivity index (χ2n) is 4.30. The van der Waals surface area contributed by atoms with Crippen molar-refractivity contribution >= 4 is 15.9 Å². The molecular weight excluding hydrogens is 266 g/mol. The second-order valence-corrected chi connectivity index (χ2v) is 5.16. The summed E-state index contributed by atoms with van der Waals surface area (Å²) in [6.45, 7) is 3.32. The molecule has 2 rings (SSSR count). The van der Waals surface area contributed by atoms with Crippen LogP contribution in [0.15, 0.2) is 28.7 Å². The summed E-state index contributed by atoms with van der Waals surface area (Å²) in [6, 6.07) is 8.45. The van der Waals surface area contributed by atoms with E-state index < -0.39 is 0 Å². The van der Waals surface area contributed by atoms with E-state index in [0.717, 1.165) is 32.5 Å². The lowest BCUT2D eigenvalue weighted by atomic mass is 10.1. The number of methoxy groups -OCH3 is 1. The number of nitrogens with zero attached hydrogens (tertiary/aromatic N) is 1. The fraction of sp³-hybridized carbons (Fsp3) is 0.538. The van der Waals surface area contributed by atoms with Crippen LogP contribution in [-0.2, 0) is 11.3 Å². The molecule has 1 heterocycles. The summed E-state index contributed by atoms with van der Waals surface area (Å²) < 4.78 is 6.59. The molecule has 3 heteroatoms. The summed E-state index contributed by atoms with van der Waals surface area (Å²) in [6.07, 6.45) is 2.78. The predicted molar refractivity (Wildman–Crippen MR) is 69.5 cm³/mol. The second kappa shape index (κ2) is 5.80. The Morgan fingerprint density at radius 3 is 2.62 bits per heavy atom. The summed E-state index contributed by atoms with van der Waals surface area (Å²) in [7, 11) is 1.81. The number of hydrogen-bond donors (Lipinski definition) is 0. The monoisotopic (exact) mass is 283 g/mol. The largest absolute Gasteiger partial charge is 0.381 e. The van der Waals surface area contributed by atoms with Gasteiger partial charge in [0.2, 0.25) is 0 Å². The lowest BCUT2D eigenvalue weighted by molar-refractivity contribution is 0.0388. The van der Waals surface area contributed by atoms with E-state index in [4.69, 9.17) is 4.74 Å². The van der Waals surface area contributed by atoms with Crippen LogP contribution in [0.2, 0.25) is 0 Å². The fourth-order valence-electron chi connectivity index (χ4n) is 2.17. The molecule has 1 fully saturated rings. The van der Waals surface area contributed by atoms with E-state index in [-0.39, 0.29) is 0 Å². The average Bonchev–Trinajstić information content (AvgIpc) is 2.33. The highest BCUT2D eigenvalue weighted by molar-refractivity contribution is 9.10. The van der Waals surface area contributed by atoms with E-state index in [9.17, 15) is 0 Å². The van der Waals surface area contributed by atoms with Gasteiger partial charge >= 0.3 is 0 Å². The molecule has 0 atom stereocenters. The summed E-state index contributed by atoms with van der Waals surface area (Å²) in [5.74, 6) is 0. The number of halogens is 1. The predicted octanol–water partition coefficient (Wildman–Crippen LogP) is 3.06. The van der Waals surface area contributed by atoms with Gasteiger partial charge in [0.15, 0.2) is 0 Å². The number of ether oxygens (including phenoxy) is 1. The van der Waals surface area contributed by atoms with Crippen molar-refractivity contribution in [2.75, 3.05) is 20.2 Å². The van der Waals surface area contributed by atoms with Crippen LogP contribution >= 0.6 is 15.9 Å². The van der Waals surface area contributed by atoms with Crippen LogP contribution in [0.25, 0.3) is 0 Å². The first kappa shape index (κ1) is 12.1. The van der Waals surface area contributed by atoms with Gasteiger partial charge in [0, 0.05) is 31.2 Å². The first-order valence-electron chi connectivity index (χ1n) is 5.78. The summed E-state index contributed by atoms with van der Waals surface area (Å²) in [5, 5.41) is 0. The fourth-order valence-corrected chi connectivity index (χ4v) is 2.58. The molecular formula is C13H18BrNO. The zero-order chi connectivity index (χ0) is 11.4. The molecule has 0 N–H and O–H groups in total. The van der Waals surface area contributed by atoms with Gasteiger partial charge in [-0.15, -0.1) is 0 Å². The van der Waals surface area contributed by atoms with E-state index in [1.165, 1.54) is 10.0 Å².